The van der Waals surface area contributed by atoms with Gasteiger partial charge in [0.25, 0.3) is 0 Å². The maximum Gasteiger partial charge on any atom is 0.227 e. The summed E-state index contributed by atoms with van der Waals surface area (Å²) in [5.41, 5.74) is 0.725. The average Bonchev–Trinajstić information content (AvgIpc) is 2.16. The zero-order valence-electron chi connectivity index (χ0n) is 7.74. The fourth-order valence-corrected chi connectivity index (χ4v) is 1.14. The summed E-state index contributed by atoms with van der Waals surface area (Å²) < 4.78 is 0. The molecule has 14 heavy (non-hydrogen) atoms. The van der Waals surface area contributed by atoms with E-state index in [4.69, 9.17) is 11.6 Å². The minimum atomic E-state index is -0.619. The molecule has 0 spiro atoms. The fourth-order valence-electron chi connectivity index (χ4n) is 0.937. The lowest BCUT2D eigenvalue weighted by Crippen LogP contribution is -2.24. The first kappa shape index (κ1) is 10.8. The third-order valence-electron chi connectivity index (χ3n) is 1.82. The van der Waals surface area contributed by atoms with Crippen LogP contribution in [-0.2, 0) is 0 Å². The minimum Gasteiger partial charge on any atom is -0.377 e. The van der Waals surface area contributed by atoms with Crippen LogP contribution in [0.3, 0.4) is 0 Å². The monoisotopic (exact) mass is 214 g/mol. The Balaban J connectivity index is 2.54. The molecule has 0 amide bonds. The van der Waals surface area contributed by atoms with Gasteiger partial charge in [0.1, 0.15) is 0 Å². The number of anilines is 1. The van der Waals surface area contributed by atoms with Crippen LogP contribution in [0.25, 0.3) is 0 Å². The number of benzene rings is 1. The van der Waals surface area contributed by atoms with Gasteiger partial charge in [-0.3, -0.25) is 10.1 Å². The van der Waals surface area contributed by atoms with E-state index in [1.165, 1.54) is 0 Å². The van der Waals surface area contributed by atoms with Crippen molar-refractivity contribution in [2.45, 2.75) is 13.0 Å². The lowest BCUT2D eigenvalue weighted by atomic mass is 10.3. The number of hydrogen-bond acceptors (Lipinski definition) is 3. The van der Waals surface area contributed by atoms with Crippen molar-refractivity contribution in [2.75, 3.05) is 11.9 Å². The second-order valence-electron chi connectivity index (χ2n) is 3.00. The summed E-state index contributed by atoms with van der Waals surface area (Å²) in [6, 6.07) is 6.54. The van der Waals surface area contributed by atoms with Crippen LogP contribution in [0, 0.1) is 10.1 Å². The maximum absolute atomic E-state index is 10.3. The number of nitro groups is 1. The molecule has 5 heteroatoms. The van der Waals surface area contributed by atoms with E-state index in [1.54, 1.807) is 19.1 Å². The first-order valence-corrected chi connectivity index (χ1v) is 4.61. The predicted octanol–water partition coefficient (Wildman–Crippen LogP) is 2.42. The molecule has 1 atom stereocenters. The van der Waals surface area contributed by atoms with Crippen molar-refractivity contribution < 1.29 is 4.92 Å². The molecule has 1 unspecified atom stereocenters. The summed E-state index contributed by atoms with van der Waals surface area (Å²) in [5.74, 6) is 0. The Morgan fingerprint density at radius 3 is 2.79 bits per heavy atom. The third kappa shape index (κ3) is 2.88. The zero-order valence-corrected chi connectivity index (χ0v) is 8.49. The summed E-state index contributed by atoms with van der Waals surface area (Å²) in [6.07, 6.45) is 0. The minimum absolute atomic E-state index is 0.275. The molecule has 0 aliphatic carbocycles. The first-order valence-electron chi connectivity index (χ1n) is 4.23. The van der Waals surface area contributed by atoms with Crippen molar-refractivity contribution in [2.24, 2.45) is 0 Å². The molecular formula is C9H11ClN2O2. The number of nitrogens with one attached hydrogen (secondary N) is 1. The Hall–Kier alpha value is -1.29. The molecule has 76 valence electrons. The second-order valence-corrected chi connectivity index (χ2v) is 3.40. The molecule has 0 saturated heterocycles. The van der Waals surface area contributed by atoms with E-state index >= 15 is 0 Å². The molecule has 4 nitrogen and oxygen atoms in total. The maximum atomic E-state index is 10.3. The van der Waals surface area contributed by atoms with Gasteiger partial charge in [-0.25, -0.2) is 0 Å². The van der Waals surface area contributed by atoms with E-state index in [0.717, 1.165) is 5.69 Å². The Bertz CT molecular complexity index is 330. The van der Waals surface area contributed by atoms with Gasteiger partial charge >= 0.3 is 0 Å². The van der Waals surface area contributed by atoms with E-state index in [1.807, 2.05) is 12.1 Å². The lowest BCUT2D eigenvalue weighted by Gasteiger charge is -2.08. The predicted molar refractivity (Wildman–Crippen MR) is 56.4 cm³/mol. The Kier molecular flexibility index (Phi) is 3.71. The number of hydrogen-bond donors (Lipinski definition) is 1. The normalized spacial score (nSPS) is 12.1. The van der Waals surface area contributed by atoms with Gasteiger partial charge in [0.05, 0.1) is 17.3 Å². The first-order chi connectivity index (χ1) is 6.61. The molecule has 0 aromatic heterocycles. The van der Waals surface area contributed by atoms with Crippen molar-refractivity contribution >= 4 is 17.3 Å². The summed E-state index contributed by atoms with van der Waals surface area (Å²) in [5, 5.41) is 13.8. The van der Waals surface area contributed by atoms with Gasteiger partial charge in [0.15, 0.2) is 0 Å². The highest BCUT2D eigenvalue weighted by molar-refractivity contribution is 6.33. The van der Waals surface area contributed by atoms with Gasteiger partial charge in [-0.05, 0) is 12.1 Å². The molecule has 0 fully saturated rings. The highest BCUT2D eigenvalue weighted by atomic mass is 35.5. The van der Waals surface area contributed by atoms with Crippen LogP contribution in [0.1, 0.15) is 6.92 Å². The molecule has 0 radical (unpaired) electrons. The Morgan fingerprint density at radius 2 is 2.21 bits per heavy atom. The van der Waals surface area contributed by atoms with E-state index in [9.17, 15) is 10.1 Å². The molecule has 0 bridgehead atoms. The van der Waals surface area contributed by atoms with Crippen molar-refractivity contribution in [3.05, 3.63) is 39.4 Å². The number of halogens is 1. The van der Waals surface area contributed by atoms with E-state index in [-0.39, 0.29) is 11.5 Å². The summed E-state index contributed by atoms with van der Waals surface area (Å²) in [6.45, 7) is 1.82. The van der Waals surface area contributed by atoms with Gasteiger partial charge in [-0.15, -0.1) is 0 Å². The largest absolute Gasteiger partial charge is 0.377 e. The molecule has 1 rings (SSSR count). The average molecular weight is 215 g/mol. The number of rotatable bonds is 4. The lowest BCUT2D eigenvalue weighted by molar-refractivity contribution is -0.514. The van der Waals surface area contributed by atoms with Crippen molar-refractivity contribution in [3.8, 4) is 0 Å². The molecule has 0 aliphatic heterocycles. The standard InChI is InChI=1S/C9H11ClN2O2/c1-7(12(13)14)6-11-9-5-3-2-4-8(9)10/h2-5,7,11H,6H2,1H3. The molecule has 1 aromatic carbocycles. The van der Waals surface area contributed by atoms with Crippen LogP contribution in [0.4, 0.5) is 5.69 Å². The Labute approximate surface area is 87.0 Å². The van der Waals surface area contributed by atoms with Crippen LogP contribution in [-0.4, -0.2) is 17.5 Å². The van der Waals surface area contributed by atoms with E-state index in [2.05, 4.69) is 5.32 Å². The van der Waals surface area contributed by atoms with Crippen molar-refractivity contribution in [1.29, 1.82) is 0 Å². The third-order valence-corrected chi connectivity index (χ3v) is 2.15. The van der Waals surface area contributed by atoms with Crippen LogP contribution in [0.2, 0.25) is 5.02 Å². The van der Waals surface area contributed by atoms with Gasteiger partial charge < -0.3 is 5.32 Å². The summed E-state index contributed by atoms with van der Waals surface area (Å²) in [7, 11) is 0. The SMILES string of the molecule is CC(CNc1ccccc1Cl)[N+](=O)[O-]. The fraction of sp³-hybridized carbons (Fsp3) is 0.333. The van der Waals surface area contributed by atoms with Crippen LogP contribution in [0.5, 0.6) is 0 Å². The highest BCUT2D eigenvalue weighted by Gasteiger charge is 2.12. The molecule has 0 saturated carbocycles. The van der Waals surface area contributed by atoms with Crippen molar-refractivity contribution in [1.82, 2.24) is 0 Å². The summed E-state index contributed by atoms with van der Waals surface area (Å²) in [4.78, 5) is 10.0. The number of para-hydroxylation sites is 1. The molecule has 1 N–H and O–H groups in total. The second kappa shape index (κ2) is 4.81. The quantitative estimate of drug-likeness (QED) is 0.619. The molecule has 0 aliphatic rings. The van der Waals surface area contributed by atoms with Gasteiger partial charge in [0.2, 0.25) is 6.04 Å². The Morgan fingerprint density at radius 1 is 1.57 bits per heavy atom. The van der Waals surface area contributed by atoms with Crippen LogP contribution < -0.4 is 5.32 Å². The van der Waals surface area contributed by atoms with Crippen LogP contribution in [0.15, 0.2) is 24.3 Å². The molecular weight excluding hydrogens is 204 g/mol. The topological polar surface area (TPSA) is 55.2 Å². The van der Waals surface area contributed by atoms with E-state index < -0.39 is 6.04 Å². The van der Waals surface area contributed by atoms with Gasteiger partial charge in [-0.1, -0.05) is 23.7 Å². The molecule has 1 aromatic rings. The summed E-state index contributed by atoms with van der Waals surface area (Å²) >= 11 is 5.85. The van der Waals surface area contributed by atoms with Crippen molar-refractivity contribution in [3.63, 3.8) is 0 Å². The highest BCUT2D eigenvalue weighted by Crippen LogP contribution is 2.20. The smallest absolute Gasteiger partial charge is 0.227 e. The number of nitrogens with zero attached hydrogens (tertiary/aromatic N) is 1. The van der Waals surface area contributed by atoms with Gasteiger partial charge in [-0.2, -0.15) is 0 Å². The van der Waals surface area contributed by atoms with Crippen LogP contribution >= 0.6 is 11.6 Å². The van der Waals surface area contributed by atoms with Gasteiger partial charge in [0, 0.05) is 11.8 Å². The van der Waals surface area contributed by atoms with E-state index in [0.29, 0.717) is 5.02 Å². The zero-order chi connectivity index (χ0) is 10.6. The molecule has 0 heterocycles.